The van der Waals surface area contributed by atoms with Crippen molar-refractivity contribution in [2.45, 2.75) is 50.7 Å². The molecule has 1 aromatic carbocycles. The summed E-state index contributed by atoms with van der Waals surface area (Å²) in [5.74, 6) is 1.16. The number of phenols is 1. The molecule has 110 valence electrons. The Kier molecular flexibility index (Phi) is 3.99. The summed E-state index contributed by atoms with van der Waals surface area (Å²) < 4.78 is 0. The van der Waals surface area contributed by atoms with Crippen LogP contribution < -0.4 is 5.32 Å². The summed E-state index contributed by atoms with van der Waals surface area (Å²) in [4.78, 5) is 2.59. The van der Waals surface area contributed by atoms with Crippen molar-refractivity contribution in [2.75, 3.05) is 13.6 Å². The first kappa shape index (κ1) is 13.9. The van der Waals surface area contributed by atoms with Crippen LogP contribution >= 0.6 is 0 Å². The van der Waals surface area contributed by atoms with Gasteiger partial charge in [-0.15, -0.1) is 0 Å². The molecule has 2 saturated heterocycles. The Morgan fingerprint density at radius 1 is 1.30 bits per heavy atom. The molecule has 3 unspecified atom stereocenters. The number of piperidine rings is 1. The fraction of sp³-hybridized carbons (Fsp3) is 0.647. The van der Waals surface area contributed by atoms with Gasteiger partial charge in [0.05, 0.1) is 0 Å². The Morgan fingerprint density at radius 3 is 2.65 bits per heavy atom. The van der Waals surface area contributed by atoms with Crippen molar-refractivity contribution in [3.05, 3.63) is 29.8 Å². The second kappa shape index (κ2) is 5.74. The molecule has 2 aliphatic rings. The first-order valence-electron chi connectivity index (χ1n) is 7.87. The Labute approximate surface area is 122 Å². The number of aromatic hydroxyl groups is 1. The van der Waals surface area contributed by atoms with Crippen LogP contribution in [0.4, 0.5) is 0 Å². The summed E-state index contributed by atoms with van der Waals surface area (Å²) >= 11 is 0. The Hall–Kier alpha value is -1.06. The molecule has 0 spiro atoms. The van der Waals surface area contributed by atoms with Gasteiger partial charge in [0.1, 0.15) is 5.75 Å². The van der Waals surface area contributed by atoms with Gasteiger partial charge in [-0.2, -0.15) is 0 Å². The van der Waals surface area contributed by atoms with E-state index in [-0.39, 0.29) is 0 Å². The van der Waals surface area contributed by atoms with E-state index in [0.29, 0.717) is 11.8 Å². The average Bonchev–Trinajstić information content (AvgIpc) is 2.66. The van der Waals surface area contributed by atoms with Crippen LogP contribution in [0.2, 0.25) is 0 Å². The minimum atomic E-state index is 0.305. The minimum Gasteiger partial charge on any atom is -0.508 e. The first-order chi connectivity index (χ1) is 9.63. The van der Waals surface area contributed by atoms with Gasteiger partial charge in [0.15, 0.2) is 0 Å². The van der Waals surface area contributed by atoms with Crippen LogP contribution in [0.5, 0.6) is 5.75 Å². The number of hydrogen-bond acceptors (Lipinski definition) is 3. The van der Waals surface area contributed by atoms with E-state index in [4.69, 9.17) is 0 Å². The molecule has 0 saturated carbocycles. The molecular weight excluding hydrogens is 248 g/mol. The molecule has 20 heavy (non-hydrogen) atoms. The SMILES string of the molecule is CC(NCC1CC2CCC(C1)N2C)c1cccc(O)c1. The van der Waals surface area contributed by atoms with Gasteiger partial charge in [-0.1, -0.05) is 12.1 Å². The van der Waals surface area contributed by atoms with Crippen LogP contribution in [0, 0.1) is 5.92 Å². The lowest BCUT2D eigenvalue weighted by Gasteiger charge is -2.36. The highest BCUT2D eigenvalue weighted by molar-refractivity contribution is 5.29. The normalized spacial score (nSPS) is 31.4. The lowest BCUT2D eigenvalue weighted by Crippen LogP contribution is -2.42. The zero-order valence-corrected chi connectivity index (χ0v) is 12.5. The molecule has 2 N–H and O–H groups in total. The van der Waals surface area contributed by atoms with Gasteiger partial charge in [-0.25, -0.2) is 0 Å². The smallest absolute Gasteiger partial charge is 0.115 e. The van der Waals surface area contributed by atoms with Gasteiger partial charge in [0.25, 0.3) is 0 Å². The average molecular weight is 274 g/mol. The highest BCUT2D eigenvalue weighted by atomic mass is 16.3. The molecule has 1 aromatic rings. The molecule has 0 aromatic heterocycles. The summed E-state index contributed by atoms with van der Waals surface area (Å²) in [5, 5.41) is 13.2. The van der Waals surface area contributed by atoms with Gasteiger partial charge in [0.2, 0.25) is 0 Å². The zero-order chi connectivity index (χ0) is 14.1. The third kappa shape index (κ3) is 2.84. The van der Waals surface area contributed by atoms with E-state index in [2.05, 4.69) is 30.3 Å². The predicted molar refractivity (Wildman–Crippen MR) is 81.8 cm³/mol. The molecule has 3 atom stereocenters. The molecule has 0 radical (unpaired) electrons. The maximum atomic E-state index is 9.55. The molecule has 2 aliphatic heterocycles. The number of nitrogens with one attached hydrogen (secondary N) is 1. The molecule has 3 rings (SSSR count). The second-order valence-electron chi connectivity index (χ2n) is 6.61. The topological polar surface area (TPSA) is 35.5 Å². The fourth-order valence-corrected chi connectivity index (χ4v) is 3.95. The van der Waals surface area contributed by atoms with Crippen molar-refractivity contribution in [1.29, 1.82) is 0 Å². The predicted octanol–water partition coefficient (Wildman–Crippen LogP) is 2.92. The molecular formula is C17H26N2O. The van der Waals surface area contributed by atoms with E-state index in [0.717, 1.165) is 24.5 Å². The molecule has 2 bridgehead atoms. The van der Waals surface area contributed by atoms with Crippen molar-refractivity contribution in [2.24, 2.45) is 5.92 Å². The third-order valence-electron chi connectivity index (χ3n) is 5.28. The van der Waals surface area contributed by atoms with E-state index >= 15 is 0 Å². The Morgan fingerprint density at radius 2 is 2.00 bits per heavy atom. The molecule has 0 aliphatic carbocycles. The minimum absolute atomic E-state index is 0.305. The van der Waals surface area contributed by atoms with Crippen LogP contribution in [0.25, 0.3) is 0 Å². The number of fused-ring (bicyclic) bond motifs is 2. The van der Waals surface area contributed by atoms with E-state index in [1.54, 1.807) is 6.07 Å². The molecule has 0 amide bonds. The number of hydrogen-bond donors (Lipinski definition) is 2. The van der Waals surface area contributed by atoms with Gasteiger partial charge < -0.3 is 15.3 Å². The monoisotopic (exact) mass is 274 g/mol. The van der Waals surface area contributed by atoms with Crippen molar-refractivity contribution < 1.29 is 5.11 Å². The summed E-state index contributed by atoms with van der Waals surface area (Å²) in [6.45, 7) is 3.27. The fourth-order valence-electron chi connectivity index (χ4n) is 3.95. The van der Waals surface area contributed by atoms with Crippen molar-refractivity contribution in [3.8, 4) is 5.75 Å². The molecule has 3 heteroatoms. The summed E-state index contributed by atoms with van der Waals surface area (Å²) in [7, 11) is 2.29. The van der Waals surface area contributed by atoms with Crippen LogP contribution in [-0.4, -0.2) is 35.7 Å². The number of nitrogens with zero attached hydrogens (tertiary/aromatic N) is 1. The van der Waals surface area contributed by atoms with Gasteiger partial charge in [-0.05, 0) is 69.8 Å². The lowest BCUT2D eigenvalue weighted by molar-refractivity contribution is 0.131. The van der Waals surface area contributed by atoms with E-state index in [1.165, 1.54) is 31.2 Å². The third-order valence-corrected chi connectivity index (χ3v) is 5.28. The molecule has 2 heterocycles. The molecule has 3 nitrogen and oxygen atoms in total. The van der Waals surface area contributed by atoms with Gasteiger partial charge in [-0.3, -0.25) is 0 Å². The van der Waals surface area contributed by atoms with E-state index in [9.17, 15) is 5.11 Å². The van der Waals surface area contributed by atoms with Crippen molar-refractivity contribution >= 4 is 0 Å². The van der Waals surface area contributed by atoms with Crippen LogP contribution in [0.1, 0.15) is 44.2 Å². The maximum Gasteiger partial charge on any atom is 0.115 e. The van der Waals surface area contributed by atoms with E-state index < -0.39 is 0 Å². The first-order valence-corrected chi connectivity index (χ1v) is 7.87. The van der Waals surface area contributed by atoms with Crippen molar-refractivity contribution in [1.82, 2.24) is 10.2 Å². The lowest BCUT2D eigenvalue weighted by atomic mass is 9.90. The molecule has 2 fully saturated rings. The number of benzene rings is 1. The largest absolute Gasteiger partial charge is 0.508 e. The summed E-state index contributed by atoms with van der Waals surface area (Å²) in [6.07, 6.45) is 5.46. The summed E-state index contributed by atoms with van der Waals surface area (Å²) in [5.41, 5.74) is 1.17. The van der Waals surface area contributed by atoms with Gasteiger partial charge >= 0.3 is 0 Å². The standard InChI is InChI=1S/C17H26N2O/c1-12(14-4-3-5-17(20)10-14)18-11-13-8-15-6-7-16(9-13)19(15)2/h3-5,10,12-13,15-16,18,20H,6-9,11H2,1-2H3. The van der Waals surface area contributed by atoms with Crippen molar-refractivity contribution in [3.63, 3.8) is 0 Å². The second-order valence-corrected chi connectivity index (χ2v) is 6.61. The van der Waals surface area contributed by atoms with E-state index in [1.807, 2.05) is 12.1 Å². The maximum absolute atomic E-state index is 9.55. The number of phenolic OH excluding ortho intramolecular Hbond substituents is 1. The van der Waals surface area contributed by atoms with Gasteiger partial charge in [0, 0.05) is 18.1 Å². The number of rotatable bonds is 4. The highest BCUT2D eigenvalue weighted by Crippen LogP contribution is 2.37. The van der Waals surface area contributed by atoms with Crippen LogP contribution in [0.3, 0.4) is 0 Å². The van der Waals surface area contributed by atoms with Crippen LogP contribution in [0.15, 0.2) is 24.3 Å². The Bertz CT molecular complexity index is 448. The summed E-state index contributed by atoms with van der Waals surface area (Å²) in [6, 6.07) is 9.52. The zero-order valence-electron chi connectivity index (χ0n) is 12.5. The quantitative estimate of drug-likeness (QED) is 0.886. The van der Waals surface area contributed by atoms with Crippen LogP contribution in [-0.2, 0) is 0 Å². The Balaban J connectivity index is 1.52. The highest BCUT2D eigenvalue weighted by Gasteiger charge is 2.38.